The number of amides is 1. The first-order valence-corrected chi connectivity index (χ1v) is 9.02. The predicted octanol–water partition coefficient (Wildman–Crippen LogP) is 4.25. The molecule has 2 aromatic carbocycles. The highest BCUT2D eigenvalue weighted by molar-refractivity contribution is 6.33. The van der Waals surface area contributed by atoms with Crippen LogP contribution in [0.15, 0.2) is 42.5 Å². The summed E-state index contributed by atoms with van der Waals surface area (Å²) in [5.74, 6) is 0.0670. The topological polar surface area (TPSA) is 73.9 Å². The number of nitrogens with one attached hydrogen (secondary N) is 1. The normalized spacial score (nSPS) is 10.6. The Balaban J connectivity index is 1.89. The smallest absolute Gasteiger partial charge is 0.331 e. The number of methoxy groups -OCH3 is 1. The third-order valence-electron chi connectivity index (χ3n) is 3.64. The van der Waals surface area contributed by atoms with Crippen molar-refractivity contribution in [2.24, 2.45) is 0 Å². The van der Waals surface area contributed by atoms with E-state index in [0.717, 1.165) is 11.1 Å². The fraction of sp³-hybridized carbons (Fsp3) is 0.238. The predicted molar refractivity (Wildman–Crippen MR) is 109 cm³/mol. The Morgan fingerprint density at radius 1 is 1.14 bits per heavy atom. The molecule has 0 aliphatic rings. The molecular formula is C21H22ClNO5. The molecule has 1 amide bonds. The zero-order chi connectivity index (χ0) is 20.5. The highest BCUT2D eigenvalue weighted by Crippen LogP contribution is 2.28. The minimum Gasteiger partial charge on any atom is -0.493 e. The Labute approximate surface area is 169 Å². The molecular weight excluding hydrogens is 382 g/mol. The maximum Gasteiger partial charge on any atom is 0.331 e. The van der Waals surface area contributed by atoms with Crippen molar-refractivity contribution >= 4 is 35.2 Å². The lowest BCUT2D eigenvalue weighted by atomic mass is 10.2. The fourth-order valence-electron chi connectivity index (χ4n) is 2.32. The van der Waals surface area contributed by atoms with Crippen molar-refractivity contribution in [2.75, 3.05) is 25.6 Å². The van der Waals surface area contributed by atoms with Crippen LogP contribution < -0.4 is 14.8 Å². The maximum absolute atomic E-state index is 11.9. The number of rotatable bonds is 8. The molecule has 0 saturated heterocycles. The Morgan fingerprint density at radius 2 is 1.93 bits per heavy atom. The first-order chi connectivity index (χ1) is 13.4. The Hall–Kier alpha value is -2.99. The van der Waals surface area contributed by atoms with Crippen LogP contribution in [0.4, 0.5) is 5.69 Å². The van der Waals surface area contributed by atoms with Gasteiger partial charge in [0.2, 0.25) is 0 Å². The van der Waals surface area contributed by atoms with Crippen LogP contribution >= 0.6 is 11.6 Å². The number of aryl methyl sites for hydroxylation is 1. The van der Waals surface area contributed by atoms with E-state index in [9.17, 15) is 9.59 Å². The van der Waals surface area contributed by atoms with E-state index in [1.54, 1.807) is 43.5 Å². The third-order valence-corrected chi connectivity index (χ3v) is 3.96. The average Bonchev–Trinajstić information content (AvgIpc) is 2.67. The number of halogens is 1. The Morgan fingerprint density at radius 3 is 2.61 bits per heavy atom. The average molecular weight is 404 g/mol. The number of carbonyl (C=O) groups excluding carboxylic acids is 2. The van der Waals surface area contributed by atoms with Crippen LogP contribution in [0.3, 0.4) is 0 Å². The number of carbonyl (C=O) groups is 2. The van der Waals surface area contributed by atoms with Gasteiger partial charge >= 0.3 is 5.97 Å². The molecule has 1 N–H and O–H groups in total. The van der Waals surface area contributed by atoms with Crippen LogP contribution in [-0.2, 0) is 14.3 Å². The largest absolute Gasteiger partial charge is 0.493 e. The minimum absolute atomic E-state index is 0.416. The first kappa shape index (κ1) is 21.3. The molecule has 0 unspecified atom stereocenters. The second-order valence-electron chi connectivity index (χ2n) is 5.82. The van der Waals surface area contributed by atoms with E-state index in [2.05, 4.69) is 5.32 Å². The molecule has 0 heterocycles. The minimum atomic E-state index is -0.640. The summed E-state index contributed by atoms with van der Waals surface area (Å²) in [6, 6.07) is 10.5. The van der Waals surface area contributed by atoms with Gasteiger partial charge in [-0.3, -0.25) is 4.79 Å². The molecule has 0 fully saturated rings. The zero-order valence-corrected chi connectivity index (χ0v) is 16.7. The molecule has 6 nitrogen and oxygen atoms in total. The molecule has 0 bridgehead atoms. The molecule has 0 radical (unpaired) electrons. The zero-order valence-electron chi connectivity index (χ0n) is 16.0. The number of anilines is 1. The quantitative estimate of drug-likeness (QED) is 0.526. The van der Waals surface area contributed by atoms with Crippen LogP contribution in [0.2, 0.25) is 5.02 Å². The van der Waals surface area contributed by atoms with Gasteiger partial charge in [0.1, 0.15) is 0 Å². The van der Waals surface area contributed by atoms with Crippen LogP contribution in [0.5, 0.6) is 11.5 Å². The summed E-state index contributed by atoms with van der Waals surface area (Å²) >= 11 is 6.06. The number of hydrogen-bond acceptors (Lipinski definition) is 5. The number of hydrogen-bond donors (Lipinski definition) is 1. The summed E-state index contributed by atoms with van der Waals surface area (Å²) in [5.41, 5.74) is 2.17. The number of benzene rings is 2. The SMILES string of the molecule is CCOc1cc(/C=C/C(=O)OCC(=O)Nc2ccc(C)cc2Cl)ccc1OC. The van der Waals surface area contributed by atoms with Gasteiger partial charge in [-0.05, 0) is 55.3 Å². The van der Waals surface area contributed by atoms with Crippen molar-refractivity contribution in [1.29, 1.82) is 0 Å². The molecule has 0 spiro atoms. The third kappa shape index (κ3) is 6.32. The molecule has 0 saturated carbocycles. The van der Waals surface area contributed by atoms with Gasteiger partial charge in [0.25, 0.3) is 5.91 Å². The Bertz CT molecular complexity index is 879. The van der Waals surface area contributed by atoms with Gasteiger partial charge in [0, 0.05) is 6.08 Å². The van der Waals surface area contributed by atoms with Crippen molar-refractivity contribution in [1.82, 2.24) is 0 Å². The van der Waals surface area contributed by atoms with Gasteiger partial charge in [-0.1, -0.05) is 23.7 Å². The van der Waals surface area contributed by atoms with Crippen LogP contribution in [-0.4, -0.2) is 32.2 Å². The van der Waals surface area contributed by atoms with Gasteiger partial charge < -0.3 is 19.5 Å². The van der Waals surface area contributed by atoms with Crippen LogP contribution in [0, 0.1) is 6.92 Å². The first-order valence-electron chi connectivity index (χ1n) is 8.64. The molecule has 28 heavy (non-hydrogen) atoms. The van der Waals surface area contributed by atoms with E-state index < -0.39 is 18.5 Å². The monoisotopic (exact) mass is 403 g/mol. The van der Waals surface area contributed by atoms with Crippen LogP contribution in [0.25, 0.3) is 6.08 Å². The molecule has 148 valence electrons. The maximum atomic E-state index is 11.9. The Kier molecular flexibility index (Phi) is 7.89. The molecule has 7 heteroatoms. The molecule has 2 rings (SSSR count). The second kappa shape index (κ2) is 10.4. The summed E-state index contributed by atoms with van der Waals surface area (Å²) in [5, 5.41) is 3.02. The van der Waals surface area contributed by atoms with Gasteiger partial charge in [0.05, 0.1) is 24.4 Å². The summed E-state index contributed by atoms with van der Waals surface area (Å²) < 4.78 is 15.6. The lowest BCUT2D eigenvalue weighted by Gasteiger charge is -2.09. The fourth-order valence-corrected chi connectivity index (χ4v) is 2.60. The molecule has 2 aromatic rings. The summed E-state index contributed by atoms with van der Waals surface area (Å²) in [4.78, 5) is 23.8. The number of esters is 1. The van der Waals surface area contributed by atoms with E-state index in [-0.39, 0.29) is 0 Å². The van der Waals surface area contributed by atoms with Gasteiger partial charge in [-0.2, -0.15) is 0 Å². The number of ether oxygens (including phenoxy) is 3. The van der Waals surface area contributed by atoms with Crippen molar-refractivity contribution in [2.45, 2.75) is 13.8 Å². The van der Waals surface area contributed by atoms with Gasteiger partial charge in [0.15, 0.2) is 18.1 Å². The molecule has 0 atom stereocenters. The van der Waals surface area contributed by atoms with Crippen molar-refractivity contribution in [3.05, 3.63) is 58.6 Å². The van der Waals surface area contributed by atoms with Crippen molar-refractivity contribution in [3.8, 4) is 11.5 Å². The molecule has 0 aromatic heterocycles. The lowest BCUT2D eigenvalue weighted by Crippen LogP contribution is -2.20. The summed E-state index contributed by atoms with van der Waals surface area (Å²) in [7, 11) is 1.56. The summed E-state index contributed by atoms with van der Waals surface area (Å²) in [6.07, 6.45) is 2.81. The van der Waals surface area contributed by atoms with E-state index in [1.165, 1.54) is 6.08 Å². The van der Waals surface area contributed by atoms with E-state index in [1.807, 2.05) is 19.9 Å². The summed E-state index contributed by atoms with van der Waals surface area (Å²) in [6.45, 7) is 3.84. The second-order valence-corrected chi connectivity index (χ2v) is 6.22. The highest BCUT2D eigenvalue weighted by atomic mass is 35.5. The van der Waals surface area contributed by atoms with E-state index >= 15 is 0 Å². The standard InChI is InChI=1S/C21H22ClNO5/c1-4-27-19-12-15(6-9-18(19)26-3)7-10-21(25)28-13-20(24)23-17-8-5-14(2)11-16(17)22/h5-12H,4,13H2,1-3H3,(H,23,24)/b10-7+. The van der Waals surface area contributed by atoms with Crippen molar-refractivity contribution in [3.63, 3.8) is 0 Å². The molecule has 0 aliphatic carbocycles. The van der Waals surface area contributed by atoms with Crippen molar-refractivity contribution < 1.29 is 23.8 Å². The van der Waals surface area contributed by atoms with Crippen LogP contribution in [0.1, 0.15) is 18.1 Å². The van der Waals surface area contributed by atoms with E-state index in [4.69, 9.17) is 25.8 Å². The highest BCUT2D eigenvalue weighted by Gasteiger charge is 2.09. The van der Waals surface area contributed by atoms with Gasteiger partial charge in [-0.25, -0.2) is 4.79 Å². The lowest BCUT2D eigenvalue weighted by molar-refractivity contribution is -0.142. The van der Waals surface area contributed by atoms with E-state index in [0.29, 0.717) is 28.8 Å². The molecule has 0 aliphatic heterocycles. The van der Waals surface area contributed by atoms with Gasteiger partial charge in [-0.15, -0.1) is 0 Å².